The summed E-state index contributed by atoms with van der Waals surface area (Å²) in [5.41, 5.74) is 0.459. The number of hydrogen-bond donors (Lipinski definition) is 1. The summed E-state index contributed by atoms with van der Waals surface area (Å²) in [5, 5.41) is 13.8. The first-order valence-electron chi connectivity index (χ1n) is 6.56. The van der Waals surface area contributed by atoms with Gasteiger partial charge in [0.15, 0.2) is 0 Å². The molecule has 0 saturated carbocycles. The van der Waals surface area contributed by atoms with Crippen LogP contribution in [0.15, 0.2) is 66.7 Å². The Hall–Kier alpha value is -1.83. The van der Waals surface area contributed by atoms with Crippen molar-refractivity contribution in [2.24, 2.45) is 0 Å². The fourth-order valence-electron chi connectivity index (χ4n) is 2.65. The molecule has 2 heteroatoms. The molecule has 1 atom stereocenters. The van der Waals surface area contributed by atoms with Gasteiger partial charge in [-0.15, -0.1) is 0 Å². The van der Waals surface area contributed by atoms with E-state index in [2.05, 4.69) is 0 Å². The quantitative estimate of drug-likeness (QED) is 0.719. The van der Waals surface area contributed by atoms with Crippen LogP contribution in [0.2, 0.25) is 5.02 Å². The van der Waals surface area contributed by atoms with Gasteiger partial charge < -0.3 is 5.11 Å². The highest BCUT2D eigenvalue weighted by molar-refractivity contribution is 6.31. The van der Waals surface area contributed by atoms with Gasteiger partial charge in [-0.05, 0) is 29.3 Å². The molecule has 0 radical (unpaired) electrons. The molecule has 0 aliphatic heterocycles. The molecular formula is C18H15ClO. The molecule has 0 bridgehead atoms. The van der Waals surface area contributed by atoms with Gasteiger partial charge >= 0.3 is 0 Å². The standard InChI is InChI=1S/C18H15ClO/c1-18(20,16-10-4-5-12-17(16)19)15-11-6-8-13-7-2-3-9-14(13)15/h2-12,20H,1H3. The van der Waals surface area contributed by atoms with E-state index >= 15 is 0 Å². The SMILES string of the molecule is CC(O)(c1ccccc1Cl)c1cccc2ccccc12. The van der Waals surface area contributed by atoms with E-state index in [1.165, 1.54) is 0 Å². The number of halogens is 1. The topological polar surface area (TPSA) is 20.2 Å². The van der Waals surface area contributed by atoms with Crippen molar-refractivity contribution in [1.82, 2.24) is 0 Å². The zero-order chi connectivity index (χ0) is 14.2. The average Bonchev–Trinajstić information content (AvgIpc) is 2.47. The lowest BCUT2D eigenvalue weighted by Crippen LogP contribution is -2.23. The van der Waals surface area contributed by atoms with Crippen LogP contribution in [0.25, 0.3) is 10.8 Å². The molecule has 3 rings (SSSR count). The van der Waals surface area contributed by atoms with Crippen molar-refractivity contribution in [1.29, 1.82) is 0 Å². The molecule has 100 valence electrons. The van der Waals surface area contributed by atoms with Crippen LogP contribution in [0, 0.1) is 0 Å². The van der Waals surface area contributed by atoms with E-state index in [1.807, 2.05) is 60.7 Å². The fraction of sp³-hybridized carbons (Fsp3) is 0.111. The molecule has 0 fully saturated rings. The lowest BCUT2D eigenvalue weighted by Gasteiger charge is -2.27. The molecule has 0 amide bonds. The van der Waals surface area contributed by atoms with Crippen LogP contribution in [0.4, 0.5) is 0 Å². The largest absolute Gasteiger partial charge is 0.381 e. The van der Waals surface area contributed by atoms with Gasteiger partial charge in [0, 0.05) is 10.6 Å². The molecule has 0 heterocycles. The summed E-state index contributed by atoms with van der Waals surface area (Å²) < 4.78 is 0. The first-order chi connectivity index (χ1) is 9.60. The summed E-state index contributed by atoms with van der Waals surface area (Å²) in [7, 11) is 0. The van der Waals surface area contributed by atoms with Crippen LogP contribution in [-0.4, -0.2) is 5.11 Å². The Labute approximate surface area is 123 Å². The Kier molecular flexibility index (Phi) is 3.25. The molecule has 3 aromatic carbocycles. The molecule has 0 aliphatic rings. The molecule has 1 N–H and O–H groups in total. The summed E-state index contributed by atoms with van der Waals surface area (Å²) >= 11 is 6.25. The van der Waals surface area contributed by atoms with E-state index in [0.717, 1.165) is 21.9 Å². The Balaban J connectivity index is 2.27. The first kappa shape index (κ1) is 13.2. The second-order valence-corrected chi connectivity index (χ2v) is 5.49. The predicted molar refractivity (Wildman–Crippen MR) is 84.1 cm³/mol. The number of rotatable bonds is 2. The number of aliphatic hydroxyl groups is 1. The maximum atomic E-state index is 11.1. The minimum Gasteiger partial charge on any atom is -0.381 e. The van der Waals surface area contributed by atoms with Gasteiger partial charge in [0.25, 0.3) is 0 Å². The molecule has 1 nitrogen and oxygen atoms in total. The zero-order valence-electron chi connectivity index (χ0n) is 11.2. The third-order valence-corrected chi connectivity index (χ3v) is 4.04. The maximum absolute atomic E-state index is 11.1. The van der Waals surface area contributed by atoms with Gasteiger partial charge in [-0.3, -0.25) is 0 Å². The van der Waals surface area contributed by atoms with E-state index < -0.39 is 5.60 Å². The van der Waals surface area contributed by atoms with Crippen molar-refractivity contribution < 1.29 is 5.11 Å². The molecule has 1 unspecified atom stereocenters. The molecule has 0 spiro atoms. The summed E-state index contributed by atoms with van der Waals surface area (Å²) in [6, 6.07) is 21.4. The van der Waals surface area contributed by atoms with Gasteiger partial charge in [-0.25, -0.2) is 0 Å². The van der Waals surface area contributed by atoms with Gasteiger partial charge in [-0.1, -0.05) is 72.3 Å². The van der Waals surface area contributed by atoms with Crippen LogP contribution in [-0.2, 0) is 5.60 Å². The third-order valence-electron chi connectivity index (χ3n) is 3.71. The Bertz CT molecular complexity index is 757. The molecular weight excluding hydrogens is 268 g/mol. The van der Waals surface area contributed by atoms with Crippen LogP contribution < -0.4 is 0 Å². The van der Waals surface area contributed by atoms with E-state index in [4.69, 9.17) is 11.6 Å². The van der Waals surface area contributed by atoms with Crippen LogP contribution in [0.3, 0.4) is 0 Å². The van der Waals surface area contributed by atoms with Gasteiger partial charge in [0.2, 0.25) is 0 Å². The minimum atomic E-state index is -1.13. The van der Waals surface area contributed by atoms with Crippen molar-refractivity contribution in [2.45, 2.75) is 12.5 Å². The van der Waals surface area contributed by atoms with Crippen LogP contribution in [0.1, 0.15) is 18.1 Å². The first-order valence-corrected chi connectivity index (χ1v) is 6.94. The van der Waals surface area contributed by atoms with E-state index in [-0.39, 0.29) is 0 Å². The van der Waals surface area contributed by atoms with Crippen LogP contribution in [0.5, 0.6) is 0 Å². The predicted octanol–water partition coefficient (Wildman–Crippen LogP) is 4.75. The van der Waals surface area contributed by atoms with Gasteiger partial charge in [0.05, 0.1) is 0 Å². The van der Waals surface area contributed by atoms with E-state index in [9.17, 15) is 5.11 Å². The van der Waals surface area contributed by atoms with Gasteiger partial charge in [-0.2, -0.15) is 0 Å². The zero-order valence-corrected chi connectivity index (χ0v) is 11.9. The molecule has 20 heavy (non-hydrogen) atoms. The Morgan fingerprint density at radius 1 is 0.800 bits per heavy atom. The number of hydrogen-bond acceptors (Lipinski definition) is 1. The van der Waals surface area contributed by atoms with E-state index in [1.54, 1.807) is 13.0 Å². The number of fused-ring (bicyclic) bond motifs is 1. The normalized spacial score (nSPS) is 14.2. The second-order valence-electron chi connectivity index (χ2n) is 5.08. The highest BCUT2D eigenvalue weighted by atomic mass is 35.5. The van der Waals surface area contributed by atoms with Crippen molar-refractivity contribution >= 4 is 22.4 Å². The summed E-state index contributed by atoms with van der Waals surface area (Å²) in [6.07, 6.45) is 0. The fourth-order valence-corrected chi connectivity index (χ4v) is 2.97. The van der Waals surface area contributed by atoms with Crippen molar-refractivity contribution in [3.05, 3.63) is 82.9 Å². The maximum Gasteiger partial charge on any atom is 0.114 e. The summed E-state index contributed by atoms with van der Waals surface area (Å²) in [4.78, 5) is 0. The van der Waals surface area contributed by atoms with E-state index in [0.29, 0.717) is 5.02 Å². The highest BCUT2D eigenvalue weighted by Gasteiger charge is 2.29. The third kappa shape index (κ3) is 2.09. The smallest absolute Gasteiger partial charge is 0.114 e. The highest BCUT2D eigenvalue weighted by Crippen LogP contribution is 2.37. The minimum absolute atomic E-state index is 0.574. The second kappa shape index (κ2) is 4.93. The molecule has 0 aliphatic carbocycles. The van der Waals surface area contributed by atoms with Crippen LogP contribution >= 0.6 is 11.6 Å². The Morgan fingerprint density at radius 3 is 2.20 bits per heavy atom. The molecule has 0 saturated heterocycles. The average molecular weight is 283 g/mol. The monoisotopic (exact) mass is 282 g/mol. The Morgan fingerprint density at radius 2 is 1.40 bits per heavy atom. The van der Waals surface area contributed by atoms with Crippen molar-refractivity contribution in [2.75, 3.05) is 0 Å². The lowest BCUT2D eigenvalue weighted by atomic mass is 9.85. The molecule has 3 aromatic rings. The summed E-state index contributed by atoms with van der Waals surface area (Å²) in [5.74, 6) is 0. The summed E-state index contributed by atoms with van der Waals surface area (Å²) in [6.45, 7) is 1.79. The van der Waals surface area contributed by atoms with Gasteiger partial charge in [0.1, 0.15) is 5.60 Å². The van der Waals surface area contributed by atoms with Crippen molar-refractivity contribution in [3.63, 3.8) is 0 Å². The van der Waals surface area contributed by atoms with Crippen molar-refractivity contribution in [3.8, 4) is 0 Å². The lowest BCUT2D eigenvalue weighted by molar-refractivity contribution is 0.104. The number of benzene rings is 3. The molecule has 0 aromatic heterocycles.